The number of hydrogen-bond acceptors (Lipinski definition) is 15. The summed E-state index contributed by atoms with van der Waals surface area (Å²) >= 11 is 0. The number of carbonyl (C=O) groups is 4. The highest BCUT2D eigenvalue weighted by Crippen LogP contribution is 2.45. The molecule has 19 heteroatoms. The van der Waals surface area contributed by atoms with Gasteiger partial charge in [-0.25, -0.2) is 9.13 Å². The van der Waals surface area contributed by atoms with Crippen molar-refractivity contribution in [2.45, 2.75) is 342 Å². The third-order valence-electron chi connectivity index (χ3n) is 15.2. The van der Waals surface area contributed by atoms with Gasteiger partial charge in [0.2, 0.25) is 0 Å². The highest BCUT2D eigenvalue weighted by molar-refractivity contribution is 7.47. The van der Waals surface area contributed by atoms with Crippen LogP contribution in [0.2, 0.25) is 0 Å². The van der Waals surface area contributed by atoms with E-state index < -0.39 is 97.5 Å². The van der Waals surface area contributed by atoms with Crippen LogP contribution < -0.4 is 0 Å². The Morgan fingerprint density at radius 1 is 0.356 bits per heavy atom. The number of ether oxygens (including phenoxy) is 4. The summed E-state index contributed by atoms with van der Waals surface area (Å²) in [7, 11) is -9.90. The summed E-state index contributed by atoms with van der Waals surface area (Å²) in [6, 6.07) is 0. The Balaban J connectivity index is 5.28. The number of phosphoric acid groups is 2. The Labute approximate surface area is 529 Å². The van der Waals surface area contributed by atoms with Crippen molar-refractivity contribution in [2.24, 2.45) is 5.92 Å². The minimum Gasteiger partial charge on any atom is -0.462 e. The monoisotopic (exact) mass is 1280 g/mol. The van der Waals surface area contributed by atoms with Gasteiger partial charge in [0.05, 0.1) is 26.4 Å². The predicted molar refractivity (Wildman–Crippen MR) is 349 cm³/mol. The number of rotatable bonds is 66. The van der Waals surface area contributed by atoms with Gasteiger partial charge >= 0.3 is 39.5 Å². The molecule has 0 aromatic rings. The lowest BCUT2D eigenvalue weighted by molar-refractivity contribution is -0.161. The molecular formula is C68H128O17P2. The Morgan fingerprint density at radius 2 is 0.621 bits per heavy atom. The van der Waals surface area contributed by atoms with E-state index in [0.29, 0.717) is 25.7 Å². The molecule has 0 aliphatic rings. The maximum atomic E-state index is 13.0. The largest absolute Gasteiger partial charge is 0.472 e. The number of unbranched alkanes of at least 4 members (excludes halogenated alkanes) is 35. The van der Waals surface area contributed by atoms with E-state index in [9.17, 15) is 43.2 Å². The van der Waals surface area contributed by atoms with Crippen molar-refractivity contribution in [1.29, 1.82) is 0 Å². The summed E-state index contributed by atoms with van der Waals surface area (Å²) in [6.45, 7) is 7.12. The van der Waals surface area contributed by atoms with Crippen molar-refractivity contribution in [1.82, 2.24) is 0 Å². The van der Waals surface area contributed by atoms with E-state index in [1.807, 2.05) is 0 Å². The summed E-state index contributed by atoms with van der Waals surface area (Å²) in [4.78, 5) is 72.4. The predicted octanol–water partition coefficient (Wildman–Crippen LogP) is 18.9. The molecule has 0 rings (SSSR count). The van der Waals surface area contributed by atoms with Crippen molar-refractivity contribution in [3.63, 3.8) is 0 Å². The second kappa shape index (κ2) is 61.1. The van der Waals surface area contributed by atoms with Gasteiger partial charge in [0.15, 0.2) is 12.2 Å². The minimum absolute atomic E-state index is 0.0847. The number of hydrogen-bond donors (Lipinski definition) is 3. The molecule has 0 radical (unpaired) electrons. The minimum atomic E-state index is -4.96. The number of carbonyl (C=O) groups excluding carboxylic acids is 4. The van der Waals surface area contributed by atoms with Gasteiger partial charge < -0.3 is 33.8 Å². The average Bonchev–Trinajstić information content (AvgIpc) is 3.70. The molecule has 0 aromatic carbocycles. The Hall–Kier alpha value is -2.46. The van der Waals surface area contributed by atoms with E-state index in [-0.39, 0.29) is 25.7 Å². The highest BCUT2D eigenvalue weighted by atomic mass is 31.2. The Morgan fingerprint density at radius 3 is 0.943 bits per heavy atom. The molecule has 3 N–H and O–H groups in total. The molecule has 0 aromatic heterocycles. The summed E-state index contributed by atoms with van der Waals surface area (Å²) < 4.78 is 68.1. The lowest BCUT2D eigenvalue weighted by Gasteiger charge is -2.21. The molecule has 0 amide bonds. The first-order chi connectivity index (χ1) is 42.0. The standard InChI is InChI=1S/C68H128O17P2/c1-6-9-12-15-18-21-24-25-26-27-28-33-39-44-49-54-68(73)85-64(58-79-66(71)52-47-42-37-34-29-30-35-40-45-50-61(4)5)60-83-87(76,77)81-56-62(69)55-80-86(74,75)82-59-63(84-67(72)53-48-43-38-32-23-20-17-14-11-8-3)57-78-65(70)51-46-41-36-31-22-19-16-13-10-7-2/h21,24-26,61-64,69H,6-20,22-23,27-60H2,1-5H3,(H,74,75)(H,76,77)/b24-21-,26-25-/t62-,63+,64+/m0/s1. The molecular weight excluding hydrogens is 1150 g/mol. The second-order valence-corrected chi connectivity index (χ2v) is 27.3. The third kappa shape index (κ3) is 62.1. The first kappa shape index (κ1) is 84.5. The van der Waals surface area contributed by atoms with Crippen molar-refractivity contribution in [2.75, 3.05) is 39.6 Å². The normalized spacial score (nSPS) is 14.3. The summed E-state index contributed by atoms with van der Waals surface area (Å²) in [5.74, 6) is -1.42. The van der Waals surface area contributed by atoms with Crippen molar-refractivity contribution >= 4 is 39.5 Å². The van der Waals surface area contributed by atoms with Crippen molar-refractivity contribution in [3.8, 4) is 0 Å². The van der Waals surface area contributed by atoms with E-state index in [1.54, 1.807) is 0 Å². The zero-order valence-electron chi connectivity index (χ0n) is 55.6. The molecule has 0 saturated carbocycles. The lowest BCUT2D eigenvalue weighted by Crippen LogP contribution is -2.30. The van der Waals surface area contributed by atoms with Crippen LogP contribution in [-0.2, 0) is 65.4 Å². The molecule has 87 heavy (non-hydrogen) atoms. The quantitative estimate of drug-likeness (QED) is 0.0169. The molecule has 0 fully saturated rings. The smallest absolute Gasteiger partial charge is 0.462 e. The SMILES string of the molecule is CCCCCC/C=C\C=C/CCCCCCCC(=O)O[C@H](COC(=O)CCCCCCCCCCCC(C)C)COP(=O)(O)OC[C@@H](O)COP(=O)(O)OC[C@@H](COC(=O)CCCCCCCCCCCC)OC(=O)CCCCCCCCCCCC. The zero-order chi connectivity index (χ0) is 64.2. The molecule has 0 aliphatic heterocycles. The Bertz CT molecular complexity index is 1780. The van der Waals surface area contributed by atoms with E-state index in [4.69, 9.17) is 37.0 Å². The number of phosphoric ester groups is 2. The van der Waals surface area contributed by atoms with Crippen LogP contribution in [0.15, 0.2) is 24.3 Å². The maximum Gasteiger partial charge on any atom is 0.472 e. The van der Waals surface area contributed by atoms with E-state index in [1.165, 1.54) is 135 Å². The summed E-state index contributed by atoms with van der Waals surface area (Å²) in [5.41, 5.74) is 0. The first-order valence-electron chi connectivity index (χ1n) is 35.0. The molecule has 17 nitrogen and oxygen atoms in total. The van der Waals surface area contributed by atoms with Crippen LogP contribution in [-0.4, -0.2) is 96.7 Å². The zero-order valence-corrected chi connectivity index (χ0v) is 57.4. The molecule has 0 aliphatic carbocycles. The summed E-state index contributed by atoms with van der Waals surface area (Å²) in [6.07, 6.45) is 49.3. The molecule has 5 atom stereocenters. The molecule has 0 heterocycles. The highest BCUT2D eigenvalue weighted by Gasteiger charge is 2.30. The van der Waals surface area contributed by atoms with Crippen LogP contribution in [0.4, 0.5) is 0 Å². The van der Waals surface area contributed by atoms with E-state index >= 15 is 0 Å². The van der Waals surface area contributed by atoms with Gasteiger partial charge in [-0.15, -0.1) is 0 Å². The van der Waals surface area contributed by atoms with Gasteiger partial charge in [0.25, 0.3) is 0 Å². The van der Waals surface area contributed by atoms with Gasteiger partial charge in [0, 0.05) is 25.7 Å². The topological polar surface area (TPSA) is 237 Å². The molecule has 0 spiro atoms. The fourth-order valence-electron chi connectivity index (χ4n) is 9.75. The maximum absolute atomic E-state index is 13.0. The van der Waals surface area contributed by atoms with Crippen LogP contribution in [0.3, 0.4) is 0 Å². The molecule has 512 valence electrons. The van der Waals surface area contributed by atoms with Gasteiger partial charge in [-0.1, -0.05) is 271 Å². The third-order valence-corrected chi connectivity index (χ3v) is 17.1. The number of allylic oxidation sites excluding steroid dienone is 4. The lowest BCUT2D eigenvalue weighted by atomic mass is 10.0. The molecule has 2 unspecified atom stereocenters. The van der Waals surface area contributed by atoms with Crippen LogP contribution in [0.25, 0.3) is 0 Å². The van der Waals surface area contributed by atoms with Crippen LogP contribution in [0, 0.1) is 5.92 Å². The van der Waals surface area contributed by atoms with Crippen LogP contribution in [0.1, 0.15) is 324 Å². The second-order valence-electron chi connectivity index (χ2n) is 24.4. The fourth-order valence-corrected chi connectivity index (χ4v) is 11.3. The summed E-state index contributed by atoms with van der Waals surface area (Å²) in [5, 5.41) is 10.6. The van der Waals surface area contributed by atoms with Gasteiger partial charge in [-0.3, -0.25) is 37.3 Å². The number of aliphatic hydroxyl groups excluding tert-OH is 1. The van der Waals surface area contributed by atoms with Crippen LogP contribution >= 0.6 is 15.6 Å². The Kier molecular flexibility index (Phi) is 59.3. The van der Waals surface area contributed by atoms with Crippen molar-refractivity contribution < 1.29 is 80.2 Å². The van der Waals surface area contributed by atoms with Gasteiger partial charge in [-0.2, -0.15) is 0 Å². The number of esters is 4. The number of aliphatic hydroxyl groups is 1. The van der Waals surface area contributed by atoms with Crippen LogP contribution in [0.5, 0.6) is 0 Å². The first-order valence-corrected chi connectivity index (χ1v) is 37.9. The van der Waals surface area contributed by atoms with E-state index in [0.717, 1.165) is 109 Å². The molecule has 0 bridgehead atoms. The van der Waals surface area contributed by atoms with E-state index in [2.05, 4.69) is 58.9 Å². The van der Waals surface area contributed by atoms with Crippen molar-refractivity contribution in [3.05, 3.63) is 24.3 Å². The average molecular weight is 1280 g/mol. The van der Waals surface area contributed by atoms with Gasteiger partial charge in [-0.05, 0) is 57.3 Å². The fraction of sp³-hybridized carbons (Fsp3) is 0.882. The molecule has 0 saturated heterocycles. The van der Waals surface area contributed by atoms with Gasteiger partial charge in [0.1, 0.15) is 19.3 Å².